The highest BCUT2D eigenvalue weighted by atomic mass is 16.2. The van der Waals surface area contributed by atoms with Gasteiger partial charge in [-0.1, -0.05) is 20.8 Å². The van der Waals surface area contributed by atoms with Gasteiger partial charge in [0.2, 0.25) is 5.91 Å². The molecule has 1 aliphatic rings. The fourth-order valence-corrected chi connectivity index (χ4v) is 2.57. The average Bonchev–Trinajstić information content (AvgIpc) is 2.35. The van der Waals surface area contributed by atoms with Crippen molar-refractivity contribution in [3.05, 3.63) is 0 Å². The highest BCUT2D eigenvalue weighted by Crippen LogP contribution is 2.27. The standard InChI is InChI=1S/C14H26N4O/c1-13(2,3)9-11(16)12(19)18(4)14(10-15)5-7-17-8-6-14/h11,17H,5-9,16H2,1-4H3. The number of hydrogen-bond donors (Lipinski definition) is 2. The van der Waals surface area contributed by atoms with E-state index in [0.717, 1.165) is 13.1 Å². The largest absolute Gasteiger partial charge is 0.326 e. The van der Waals surface area contributed by atoms with Gasteiger partial charge >= 0.3 is 0 Å². The number of hydrogen-bond acceptors (Lipinski definition) is 4. The van der Waals surface area contributed by atoms with Crippen LogP contribution in [0, 0.1) is 16.7 Å². The van der Waals surface area contributed by atoms with Crippen molar-refractivity contribution in [3.63, 3.8) is 0 Å². The Morgan fingerprint density at radius 2 is 2.00 bits per heavy atom. The molecule has 0 aromatic carbocycles. The van der Waals surface area contributed by atoms with Crippen molar-refractivity contribution in [2.45, 2.75) is 51.6 Å². The molecule has 1 amide bonds. The number of likely N-dealkylation sites (N-methyl/N-ethyl adjacent to an activating group) is 1. The second-order valence-electron chi connectivity index (χ2n) is 6.66. The van der Waals surface area contributed by atoms with Crippen molar-refractivity contribution in [1.29, 1.82) is 5.26 Å². The molecule has 5 nitrogen and oxygen atoms in total. The summed E-state index contributed by atoms with van der Waals surface area (Å²) in [6.07, 6.45) is 1.94. The number of nitrogens with zero attached hydrogens (tertiary/aromatic N) is 2. The molecule has 0 aromatic heterocycles. The van der Waals surface area contributed by atoms with Gasteiger partial charge in [0.05, 0.1) is 12.1 Å². The Balaban J connectivity index is 2.77. The highest BCUT2D eigenvalue weighted by molar-refractivity contribution is 5.82. The molecule has 1 aliphatic heterocycles. The van der Waals surface area contributed by atoms with Gasteiger partial charge in [-0.3, -0.25) is 4.79 Å². The number of nitrogens with one attached hydrogen (secondary N) is 1. The van der Waals surface area contributed by atoms with Gasteiger partial charge in [0.1, 0.15) is 5.54 Å². The number of nitriles is 1. The van der Waals surface area contributed by atoms with Gasteiger partial charge in [-0.05, 0) is 37.8 Å². The first-order valence-electron chi connectivity index (χ1n) is 6.87. The van der Waals surface area contributed by atoms with Crippen LogP contribution in [0.4, 0.5) is 0 Å². The molecule has 3 N–H and O–H groups in total. The Morgan fingerprint density at radius 1 is 1.47 bits per heavy atom. The maximum Gasteiger partial charge on any atom is 0.240 e. The maximum atomic E-state index is 12.4. The van der Waals surface area contributed by atoms with Crippen molar-refractivity contribution in [1.82, 2.24) is 10.2 Å². The summed E-state index contributed by atoms with van der Waals surface area (Å²) in [5.41, 5.74) is 5.32. The predicted molar refractivity (Wildman–Crippen MR) is 75.3 cm³/mol. The quantitative estimate of drug-likeness (QED) is 0.793. The van der Waals surface area contributed by atoms with Crippen LogP contribution in [-0.4, -0.2) is 42.5 Å². The van der Waals surface area contributed by atoms with Crippen LogP contribution in [0.5, 0.6) is 0 Å². The van der Waals surface area contributed by atoms with Gasteiger partial charge in [0.25, 0.3) is 0 Å². The van der Waals surface area contributed by atoms with E-state index in [9.17, 15) is 10.1 Å². The van der Waals surface area contributed by atoms with Crippen molar-refractivity contribution < 1.29 is 4.79 Å². The van der Waals surface area contributed by atoms with Crippen LogP contribution in [0.3, 0.4) is 0 Å². The topological polar surface area (TPSA) is 82.2 Å². The molecule has 1 heterocycles. The molecule has 5 heteroatoms. The summed E-state index contributed by atoms with van der Waals surface area (Å²) in [4.78, 5) is 14.0. The number of carbonyl (C=O) groups excluding carboxylic acids is 1. The zero-order chi connectivity index (χ0) is 14.7. The molecule has 1 saturated heterocycles. The SMILES string of the molecule is CN(C(=O)C(N)CC(C)(C)C)C1(C#N)CCNCC1. The van der Waals surface area contributed by atoms with E-state index in [0.29, 0.717) is 19.3 Å². The van der Waals surface area contributed by atoms with Crippen molar-refractivity contribution in [3.8, 4) is 6.07 Å². The van der Waals surface area contributed by atoms with Crippen molar-refractivity contribution in [2.75, 3.05) is 20.1 Å². The second-order valence-corrected chi connectivity index (χ2v) is 6.66. The van der Waals surface area contributed by atoms with E-state index in [2.05, 4.69) is 32.2 Å². The predicted octanol–water partition coefficient (Wildman–Crippen LogP) is 0.854. The lowest BCUT2D eigenvalue weighted by Crippen LogP contribution is -2.58. The van der Waals surface area contributed by atoms with Gasteiger partial charge in [-0.25, -0.2) is 0 Å². The minimum Gasteiger partial charge on any atom is -0.326 e. The Morgan fingerprint density at radius 3 is 2.42 bits per heavy atom. The molecule has 0 spiro atoms. The van der Waals surface area contributed by atoms with Crippen LogP contribution in [0.15, 0.2) is 0 Å². The third-order valence-electron chi connectivity index (χ3n) is 3.76. The number of carbonyl (C=O) groups is 1. The lowest BCUT2D eigenvalue weighted by molar-refractivity contribution is -0.136. The van der Waals surface area contributed by atoms with E-state index in [1.54, 1.807) is 11.9 Å². The van der Waals surface area contributed by atoms with Crippen molar-refractivity contribution >= 4 is 5.91 Å². The summed E-state index contributed by atoms with van der Waals surface area (Å²) in [6, 6.07) is 1.79. The molecule has 1 rings (SSSR count). The molecule has 19 heavy (non-hydrogen) atoms. The van der Waals surface area contributed by atoms with E-state index >= 15 is 0 Å². The molecule has 0 aliphatic carbocycles. The first-order chi connectivity index (χ1) is 8.72. The van der Waals surface area contributed by atoms with E-state index in [1.165, 1.54) is 0 Å². The first-order valence-corrected chi connectivity index (χ1v) is 6.87. The average molecular weight is 266 g/mol. The Labute approximate surface area is 116 Å². The summed E-state index contributed by atoms with van der Waals surface area (Å²) < 4.78 is 0. The van der Waals surface area contributed by atoms with E-state index < -0.39 is 11.6 Å². The smallest absolute Gasteiger partial charge is 0.240 e. The van der Waals surface area contributed by atoms with Gasteiger partial charge in [0, 0.05) is 7.05 Å². The van der Waals surface area contributed by atoms with Gasteiger partial charge in [-0.15, -0.1) is 0 Å². The summed E-state index contributed by atoms with van der Waals surface area (Å²) in [5, 5.41) is 12.7. The Hall–Kier alpha value is -1.12. The monoisotopic (exact) mass is 266 g/mol. The summed E-state index contributed by atoms with van der Waals surface area (Å²) >= 11 is 0. The molecular weight excluding hydrogens is 240 g/mol. The fraction of sp³-hybridized carbons (Fsp3) is 0.857. The molecule has 108 valence electrons. The zero-order valence-corrected chi connectivity index (χ0v) is 12.5. The number of rotatable bonds is 3. The van der Waals surface area contributed by atoms with Crippen LogP contribution < -0.4 is 11.1 Å². The highest BCUT2D eigenvalue weighted by Gasteiger charge is 2.40. The Kier molecular flexibility index (Phi) is 4.94. The molecular formula is C14H26N4O. The molecule has 0 bridgehead atoms. The summed E-state index contributed by atoms with van der Waals surface area (Å²) in [7, 11) is 1.71. The van der Waals surface area contributed by atoms with Crippen LogP contribution >= 0.6 is 0 Å². The molecule has 0 saturated carbocycles. The second kappa shape index (κ2) is 5.89. The van der Waals surface area contributed by atoms with Crippen LogP contribution in [0.25, 0.3) is 0 Å². The lowest BCUT2D eigenvalue weighted by atomic mass is 9.85. The van der Waals surface area contributed by atoms with E-state index in [-0.39, 0.29) is 11.3 Å². The van der Waals surface area contributed by atoms with Crippen molar-refractivity contribution in [2.24, 2.45) is 11.1 Å². The fourth-order valence-electron chi connectivity index (χ4n) is 2.57. The van der Waals surface area contributed by atoms with Crippen LogP contribution in [0.2, 0.25) is 0 Å². The molecule has 0 radical (unpaired) electrons. The first kappa shape index (κ1) is 15.9. The third-order valence-corrected chi connectivity index (χ3v) is 3.76. The number of nitrogens with two attached hydrogens (primary N) is 1. The third kappa shape index (κ3) is 3.92. The Bertz CT molecular complexity index is 361. The maximum absolute atomic E-state index is 12.4. The van der Waals surface area contributed by atoms with Crippen LogP contribution in [-0.2, 0) is 4.79 Å². The molecule has 1 unspecified atom stereocenters. The number of amides is 1. The van der Waals surface area contributed by atoms with E-state index in [1.807, 2.05) is 0 Å². The zero-order valence-electron chi connectivity index (χ0n) is 12.5. The van der Waals surface area contributed by atoms with E-state index in [4.69, 9.17) is 5.73 Å². The molecule has 0 aromatic rings. The van der Waals surface area contributed by atoms with Gasteiger partial charge < -0.3 is 16.0 Å². The normalized spacial score (nSPS) is 20.4. The molecule has 1 atom stereocenters. The number of piperidine rings is 1. The van der Waals surface area contributed by atoms with Gasteiger partial charge in [-0.2, -0.15) is 5.26 Å². The summed E-state index contributed by atoms with van der Waals surface area (Å²) in [6.45, 7) is 7.71. The lowest BCUT2D eigenvalue weighted by Gasteiger charge is -2.40. The molecule has 1 fully saturated rings. The van der Waals surface area contributed by atoms with Gasteiger partial charge in [0.15, 0.2) is 0 Å². The van der Waals surface area contributed by atoms with Crippen LogP contribution in [0.1, 0.15) is 40.0 Å². The minimum absolute atomic E-state index is 0.00381. The minimum atomic E-state index is -0.697. The summed E-state index contributed by atoms with van der Waals surface area (Å²) in [5.74, 6) is -0.127.